The molecule has 1 radical (unpaired) electrons. The van der Waals surface area contributed by atoms with Crippen LogP contribution in [0.3, 0.4) is 0 Å². The summed E-state index contributed by atoms with van der Waals surface area (Å²) in [5.74, 6) is 6.69. The van der Waals surface area contributed by atoms with Gasteiger partial charge in [0.05, 0.1) is 8.58 Å². The Balaban J connectivity index is 3.18. The molecule has 0 rings (SSSR count). The number of hydrogen-bond acceptors (Lipinski definition) is 0. The highest BCUT2D eigenvalue weighted by molar-refractivity contribution is 7.49. The van der Waals surface area contributed by atoms with Gasteiger partial charge in [0, 0.05) is 12.8 Å². The van der Waals surface area contributed by atoms with Crippen LogP contribution < -0.4 is 0 Å². The van der Waals surface area contributed by atoms with Crippen LogP contribution in [-0.2, 0) is 0 Å². The van der Waals surface area contributed by atoms with E-state index in [0.717, 1.165) is 21.4 Å². The van der Waals surface area contributed by atoms with Crippen molar-refractivity contribution in [3.63, 3.8) is 0 Å². The van der Waals surface area contributed by atoms with Crippen LogP contribution in [0.1, 0.15) is 284 Å². The van der Waals surface area contributed by atoms with Crippen LogP contribution in [0.4, 0.5) is 0 Å². The fourth-order valence-electron chi connectivity index (χ4n) is 7.16. The Labute approximate surface area is 314 Å². The Bertz CT molecular complexity index is 642. The van der Waals surface area contributed by atoms with E-state index in [4.69, 9.17) is 0 Å². The molecule has 0 atom stereocenters. The molecule has 0 fully saturated rings. The molecule has 0 aromatic carbocycles. The van der Waals surface area contributed by atoms with E-state index in [9.17, 15) is 0 Å². The maximum absolute atomic E-state index is 3.34. The first kappa shape index (κ1) is 48.5. The van der Waals surface area contributed by atoms with Crippen molar-refractivity contribution in [3.05, 3.63) is 0 Å². The van der Waals surface area contributed by atoms with Crippen molar-refractivity contribution < 1.29 is 0 Å². The molecular weight excluding hydrogens is 608 g/mol. The van der Waals surface area contributed by atoms with Crippen molar-refractivity contribution in [3.8, 4) is 23.2 Å². The summed E-state index contributed by atoms with van der Waals surface area (Å²) < 4.78 is 0. The minimum atomic E-state index is 1.02. The van der Waals surface area contributed by atoms with E-state index in [0.29, 0.717) is 0 Å². The first-order valence-corrected chi connectivity index (χ1v) is 24.0. The molecule has 0 aliphatic rings. The predicted octanol–water partition coefficient (Wildman–Crippen LogP) is 18.3. The number of rotatable bonds is 40. The van der Waals surface area contributed by atoms with Gasteiger partial charge in [0.2, 0.25) is 0 Å². The molecule has 49 heavy (non-hydrogen) atoms. The zero-order valence-corrected chi connectivity index (χ0v) is 35.0. The molecule has 0 unspecified atom stereocenters. The maximum Gasteiger partial charge on any atom is 0.0995 e. The van der Waals surface area contributed by atoms with Crippen molar-refractivity contribution >= 4 is 8.58 Å². The Morgan fingerprint density at radius 3 is 0.571 bits per heavy atom. The lowest BCUT2D eigenvalue weighted by molar-refractivity contribution is 0.522. The summed E-state index contributed by atoms with van der Waals surface area (Å²) in [6.45, 7) is 4.61. The average molecular weight is 698 g/mol. The van der Waals surface area contributed by atoms with Crippen molar-refractivity contribution in [2.75, 3.05) is 0 Å². The van der Waals surface area contributed by atoms with E-state index in [2.05, 4.69) is 37.0 Å². The molecule has 0 bridgehead atoms. The molecule has 0 aliphatic carbocycles. The number of unbranched alkanes of at least 4 members (excludes halogenated alkanes) is 40. The fraction of sp³-hybridized carbons (Fsp3) is 0.917. The van der Waals surface area contributed by atoms with Gasteiger partial charge in [-0.25, -0.2) is 0 Å². The van der Waals surface area contributed by atoms with Gasteiger partial charge in [0.25, 0.3) is 0 Å². The predicted molar refractivity (Wildman–Crippen MR) is 228 cm³/mol. The Morgan fingerprint density at radius 1 is 0.224 bits per heavy atom. The van der Waals surface area contributed by atoms with Crippen LogP contribution in [0, 0.1) is 23.2 Å². The van der Waals surface area contributed by atoms with Gasteiger partial charge >= 0.3 is 0 Å². The minimum Gasteiger partial charge on any atom is -0.0972 e. The second kappa shape index (κ2) is 47.5. The topological polar surface area (TPSA) is 0 Å². The third-order valence-electron chi connectivity index (χ3n) is 10.6. The zero-order chi connectivity index (χ0) is 35.2. The third-order valence-corrected chi connectivity index (χ3v) is 11.1. The molecule has 0 saturated carbocycles. The zero-order valence-electron chi connectivity index (χ0n) is 34.1. The second-order valence-corrected chi connectivity index (χ2v) is 16.3. The maximum atomic E-state index is 3.34. The summed E-state index contributed by atoms with van der Waals surface area (Å²) in [4.78, 5) is 0. The molecule has 0 heterocycles. The van der Waals surface area contributed by atoms with Crippen LogP contribution in [0.15, 0.2) is 0 Å². The van der Waals surface area contributed by atoms with Crippen molar-refractivity contribution in [2.45, 2.75) is 284 Å². The normalized spacial score (nSPS) is 11.0. The quantitative estimate of drug-likeness (QED) is 0.0340. The van der Waals surface area contributed by atoms with Gasteiger partial charge in [-0.3, -0.25) is 0 Å². The Hall–Kier alpha value is -0.450. The van der Waals surface area contributed by atoms with E-state index in [1.807, 2.05) is 0 Å². The summed E-state index contributed by atoms with van der Waals surface area (Å²) >= 11 is 0. The minimum absolute atomic E-state index is 1.02. The summed E-state index contributed by atoms with van der Waals surface area (Å²) in [6, 6.07) is 0. The molecule has 0 N–H and O–H groups in total. The second-order valence-electron chi connectivity index (χ2n) is 15.6. The van der Waals surface area contributed by atoms with Crippen molar-refractivity contribution in [1.82, 2.24) is 0 Å². The average Bonchev–Trinajstić information content (AvgIpc) is 3.11. The lowest BCUT2D eigenvalue weighted by atomic mass is 10.0. The molecule has 0 nitrogen and oxygen atoms in total. The molecule has 1 heteroatoms. The van der Waals surface area contributed by atoms with Gasteiger partial charge in [-0.1, -0.05) is 281 Å². The van der Waals surface area contributed by atoms with Crippen molar-refractivity contribution in [2.24, 2.45) is 0 Å². The molecule has 0 amide bonds. The summed E-state index contributed by atoms with van der Waals surface area (Å²) in [6.07, 6.45) is 59.8. The molecule has 0 saturated heterocycles. The van der Waals surface area contributed by atoms with Gasteiger partial charge < -0.3 is 0 Å². The van der Waals surface area contributed by atoms with Crippen LogP contribution in [0.5, 0.6) is 0 Å². The van der Waals surface area contributed by atoms with Crippen LogP contribution in [0.25, 0.3) is 0 Å². The van der Waals surface area contributed by atoms with Crippen LogP contribution in [-0.4, -0.2) is 0 Å². The molecule has 0 aliphatic heterocycles. The van der Waals surface area contributed by atoms with E-state index < -0.39 is 0 Å². The first-order valence-electron chi connectivity index (χ1n) is 23.1. The van der Waals surface area contributed by atoms with Crippen LogP contribution in [0.2, 0.25) is 0 Å². The fourth-order valence-corrected chi connectivity index (χ4v) is 7.59. The van der Waals surface area contributed by atoms with Crippen LogP contribution >= 0.6 is 8.58 Å². The monoisotopic (exact) mass is 698 g/mol. The highest BCUT2D eigenvalue weighted by atomic mass is 31.1. The molecule has 0 aromatic heterocycles. The molecular formula is C48H90P. The van der Waals surface area contributed by atoms with Gasteiger partial charge in [-0.05, 0) is 12.8 Å². The largest absolute Gasteiger partial charge is 0.0995 e. The van der Waals surface area contributed by atoms with Gasteiger partial charge in [-0.2, -0.15) is 0 Å². The molecule has 0 spiro atoms. The molecule has 287 valence electrons. The van der Waals surface area contributed by atoms with E-state index in [1.165, 1.54) is 257 Å². The highest BCUT2D eigenvalue weighted by Gasteiger charge is 1.97. The SMILES string of the molecule is CCCCCCCCCCCCCCCCCCCCCCC#C[P]C#CCCCCCCCCCCCCCCCCCCCCCC. The summed E-state index contributed by atoms with van der Waals surface area (Å²) in [7, 11) is 1.02. The summed E-state index contributed by atoms with van der Waals surface area (Å²) in [5, 5.41) is 0. The van der Waals surface area contributed by atoms with E-state index >= 15 is 0 Å². The summed E-state index contributed by atoms with van der Waals surface area (Å²) in [5.41, 5.74) is 6.52. The highest BCUT2D eigenvalue weighted by Crippen LogP contribution is 2.17. The van der Waals surface area contributed by atoms with Gasteiger partial charge in [0.15, 0.2) is 0 Å². The Morgan fingerprint density at radius 2 is 0.388 bits per heavy atom. The van der Waals surface area contributed by atoms with E-state index in [-0.39, 0.29) is 0 Å². The smallest absolute Gasteiger partial charge is 0.0972 e. The van der Waals surface area contributed by atoms with Gasteiger partial charge in [-0.15, -0.1) is 0 Å². The number of hydrogen-bond donors (Lipinski definition) is 0. The van der Waals surface area contributed by atoms with E-state index in [1.54, 1.807) is 0 Å². The lowest BCUT2D eigenvalue weighted by Crippen LogP contribution is -1.84. The first-order chi connectivity index (χ1) is 24.4. The Kier molecular flexibility index (Phi) is 47.1. The van der Waals surface area contributed by atoms with Gasteiger partial charge in [0.1, 0.15) is 0 Å². The standard InChI is InChI=1S/C48H90P/c1-3-5-7-9-11-13-15-17-19-21-23-25-27-29-31-33-35-37-39-41-43-45-47-49-48-46-44-42-40-38-36-34-32-30-28-26-24-22-20-18-16-14-12-10-8-6-4-2/h3-44H2,1-2H3. The molecule has 0 aromatic rings. The van der Waals surface area contributed by atoms with Crippen molar-refractivity contribution in [1.29, 1.82) is 0 Å². The lowest BCUT2D eigenvalue weighted by Gasteiger charge is -2.04. The third kappa shape index (κ3) is 47.5.